The van der Waals surface area contributed by atoms with Crippen molar-refractivity contribution in [1.29, 1.82) is 0 Å². The van der Waals surface area contributed by atoms with Crippen molar-refractivity contribution in [3.63, 3.8) is 0 Å². The molecule has 110 valence electrons. The summed E-state index contributed by atoms with van der Waals surface area (Å²) in [7, 11) is 0. The first kappa shape index (κ1) is 15.8. The maximum Gasteiger partial charge on any atom is 0.257 e. The van der Waals surface area contributed by atoms with E-state index in [4.69, 9.17) is 10.9 Å². The summed E-state index contributed by atoms with van der Waals surface area (Å²) in [6, 6.07) is 1.08. The summed E-state index contributed by atoms with van der Waals surface area (Å²) in [6.45, 7) is 2.95. The summed E-state index contributed by atoms with van der Waals surface area (Å²) in [5, 5.41) is 11.2. The molecule has 3 N–H and O–H groups in total. The van der Waals surface area contributed by atoms with E-state index in [1.54, 1.807) is 13.8 Å². The first-order valence-corrected chi connectivity index (χ1v) is 5.70. The average molecular weight is 289 g/mol. The number of nitrogens with two attached hydrogens (primary N) is 1. The van der Waals surface area contributed by atoms with Gasteiger partial charge in [-0.15, -0.1) is 0 Å². The average Bonchev–Trinajstić information content (AvgIpc) is 2.41. The van der Waals surface area contributed by atoms with Crippen LogP contribution in [0.3, 0.4) is 0 Å². The number of carbonyl (C=O) groups excluding carboxylic acids is 1. The van der Waals surface area contributed by atoms with Crippen molar-refractivity contribution < 1.29 is 23.2 Å². The Balaban J connectivity index is 3.17. The molecule has 1 aromatic rings. The third kappa shape index (κ3) is 3.19. The number of benzene rings is 1. The zero-order valence-corrected chi connectivity index (χ0v) is 10.9. The third-order valence-corrected chi connectivity index (χ3v) is 2.61. The van der Waals surface area contributed by atoms with E-state index in [1.165, 1.54) is 0 Å². The topological polar surface area (TPSA) is 78.9 Å². The van der Waals surface area contributed by atoms with Crippen LogP contribution in [-0.4, -0.2) is 34.4 Å². The summed E-state index contributed by atoms with van der Waals surface area (Å²) in [4.78, 5) is 13.2. The molecule has 0 aliphatic heterocycles. The molecule has 0 aliphatic rings. The minimum absolute atomic E-state index is 0.268. The van der Waals surface area contributed by atoms with Crippen LogP contribution < -0.4 is 5.73 Å². The van der Waals surface area contributed by atoms with Crippen LogP contribution in [0.1, 0.15) is 24.2 Å². The molecule has 0 spiro atoms. The van der Waals surface area contributed by atoms with Gasteiger partial charge >= 0.3 is 0 Å². The molecule has 0 bridgehead atoms. The molecule has 1 rings (SSSR count). The maximum absolute atomic E-state index is 13.6. The molecule has 0 saturated heterocycles. The number of amides is 1. The van der Waals surface area contributed by atoms with Crippen molar-refractivity contribution in [2.45, 2.75) is 19.9 Å². The van der Waals surface area contributed by atoms with Gasteiger partial charge in [-0.2, -0.15) is 0 Å². The van der Waals surface area contributed by atoms with Crippen LogP contribution in [0.15, 0.2) is 17.3 Å². The molecule has 1 aromatic carbocycles. The zero-order chi connectivity index (χ0) is 15.4. The van der Waals surface area contributed by atoms with E-state index in [0.29, 0.717) is 6.07 Å². The minimum Gasteiger partial charge on any atom is -0.409 e. The van der Waals surface area contributed by atoms with Gasteiger partial charge in [0.2, 0.25) is 0 Å². The Bertz CT molecular complexity index is 547. The fourth-order valence-corrected chi connectivity index (χ4v) is 1.54. The van der Waals surface area contributed by atoms with Crippen LogP contribution in [0.25, 0.3) is 0 Å². The number of nitrogens with zero attached hydrogens (tertiary/aromatic N) is 2. The molecule has 0 fully saturated rings. The zero-order valence-electron chi connectivity index (χ0n) is 10.9. The largest absolute Gasteiger partial charge is 0.409 e. The standard InChI is InChI=1S/C12H14F3N3O2/c1-6(2)18(5-9(16)17-20)12(19)7-3-4-8(13)11(15)10(7)14/h3-4,6,20H,5H2,1-2H3,(H2,16,17). The van der Waals surface area contributed by atoms with Crippen molar-refractivity contribution in [2.75, 3.05) is 6.54 Å². The van der Waals surface area contributed by atoms with Crippen molar-refractivity contribution in [3.05, 3.63) is 35.1 Å². The Kier molecular flexibility index (Phi) is 4.95. The number of hydrogen-bond donors (Lipinski definition) is 2. The van der Waals surface area contributed by atoms with E-state index in [0.717, 1.165) is 11.0 Å². The summed E-state index contributed by atoms with van der Waals surface area (Å²) >= 11 is 0. The number of carbonyl (C=O) groups is 1. The molecule has 0 aromatic heterocycles. The highest BCUT2D eigenvalue weighted by Gasteiger charge is 2.25. The summed E-state index contributed by atoms with van der Waals surface area (Å²) < 4.78 is 39.6. The lowest BCUT2D eigenvalue weighted by atomic mass is 10.1. The molecule has 8 heteroatoms. The molecule has 20 heavy (non-hydrogen) atoms. The second-order valence-corrected chi connectivity index (χ2v) is 4.34. The highest BCUT2D eigenvalue weighted by Crippen LogP contribution is 2.18. The molecule has 1 amide bonds. The SMILES string of the molecule is CC(C)N(CC(N)=NO)C(=O)c1ccc(F)c(F)c1F. The van der Waals surface area contributed by atoms with E-state index >= 15 is 0 Å². The van der Waals surface area contributed by atoms with Crippen molar-refractivity contribution >= 4 is 11.7 Å². The van der Waals surface area contributed by atoms with E-state index in [9.17, 15) is 18.0 Å². The monoisotopic (exact) mass is 289 g/mol. The van der Waals surface area contributed by atoms with Gasteiger partial charge in [-0.1, -0.05) is 5.16 Å². The van der Waals surface area contributed by atoms with Gasteiger partial charge in [-0.05, 0) is 26.0 Å². The van der Waals surface area contributed by atoms with Crippen molar-refractivity contribution in [1.82, 2.24) is 4.90 Å². The van der Waals surface area contributed by atoms with Crippen molar-refractivity contribution in [2.24, 2.45) is 10.9 Å². The first-order chi connectivity index (χ1) is 9.29. The Morgan fingerprint density at radius 3 is 2.45 bits per heavy atom. The Morgan fingerprint density at radius 1 is 1.35 bits per heavy atom. The van der Waals surface area contributed by atoms with Crippen LogP contribution in [0.2, 0.25) is 0 Å². The van der Waals surface area contributed by atoms with E-state index < -0.39 is 35.0 Å². The van der Waals surface area contributed by atoms with Crippen molar-refractivity contribution in [3.8, 4) is 0 Å². The lowest BCUT2D eigenvalue weighted by Gasteiger charge is -2.26. The highest BCUT2D eigenvalue weighted by atomic mass is 19.2. The van der Waals surface area contributed by atoms with Gasteiger partial charge in [-0.3, -0.25) is 4.79 Å². The fraction of sp³-hybridized carbons (Fsp3) is 0.333. The quantitative estimate of drug-likeness (QED) is 0.291. The predicted octanol–water partition coefficient (Wildman–Crippen LogP) is 1.70. The predicted molar refractivity (Wildman–Crippen MR) is 65.9 cm³/mol. The summed E-state index contributed by atoms with van der Waals surface area (Å²) in [6.07, 6.45) is 0. The lowest BCUT2D eigenvalue weighted by molar-refractivity contribution is 0.0728. The molecule has 0 radical (unpaired) electrons. The van der Waals surface area contributed by atoms with Gasteiger partial charge in [0.05, 0.1) is 12.1 Å². The first-order valence-electron chi connectivity index (χ1n) is 5.70. The van der Waals surface area contributed by atoms with E-state index in [2.05, 4.69) is 5.16 Å². The Labute approximate surface area is 113 Å². The lowest BCUT2D eigenvalue weighted by Crippen LogP contribution is -2.43. The summed E-state index contributed by atoms with van der Waals surface area (Å²) in [5.41, 5.74) is 4.68. The smallest absolute Gasteiger partial charge is 0.257 e. The van der Waals surface area contributed by atoms with Crippen LogP contribution in [-0.2, 0) is 0 Å². The second-order valence-electron chi connectivity index (χ2n) is 4.34. The number of hydrogen-bond acceptors (Lipinski definition) is 3. The fourth-order valence-electron chi connectivity index (χ4n) is 1.54. The number of oxime groups is 1. The van der Waals surface area contributed by atoms with E-state index in [1.807, 2.05) is 0 Å². The van der Waals surface area contributed by atoms with Gasteiger partial charge in [0.15, 0.2) is 23.3 Å². The molecule has 0 aliphatic carbocycles. The maximum atomic E-state index is 13.6. The molecule has 0 atom stereocenters. The number of rotatable bonds is 4. The summed E-state index contributed by atoms with van der Waals surface area (Å²) in [5.74, 6) is -5.83. The Hall–Kier alpha value is -2.25. The highest BCUT2D eigenvalue weighted by molar-refractivity contribution is 5.97. The molecule has 0 heterocycles. The number of halogens is 3. The van der Waals surface area contributed by atoms with Crippen LogP contribution >= 0.6 is 0 Å². The van der Waals surface area contributed by atoms with Gasteiger partial charge < -0.3 is 15.8 Å². The second kappa shape index (κ2) is 6.27. The number of amidine groups is 1. The minimum atomic E-state index is -1.72. The van der Waals surface area contributed by atoms with Crippen LogP contribution in [0.4, 0.5) is 13.2 Å². The van der Waals surface area contributed by atoms with Gasteiger partial charge in [0.1, 0.15) is 0 Å². The van der Waals surface area contributed by atoms with Crippen LogP contribution in [0.5, 0.6) is 0 Å². The molecule has 0 unspecified atom stereocenters. The Morgan fingerprint density at radius 2 is 1.95 bits per heavy atom. The molecule has 0 saturated carbocycles. The van der Waals surface area contributed by atoms with Gasteiger partial charge in [-0.25, -0.2) is 13.2 Å². The molecular weight excluding hydrogens is 275 g/mol. The van der Waals surface area contributed by atoms with Gasteiger partial charge in [0.25, 0.3) is 5.91 Å². The molecular formula is C12H14F3N3O2. The van der Waals surface area contributed by atoms with E-state index in [-0.39, 0.29) is 12.4 Å². The third-order valence-electron chi connectivity index (χ3n) is 2.61. The van der Waals surface area contributed by atoms with Crippen LogP contribution in [0, 0.1) is 17.5 Å². The normalized spacial score (nSPS) is 11.8. The van der Waals surface area contributed by atoms with Gasteiger partial charge in [0, 0.05) is 6.04 Å². The molecule has 5 nitrogen and oxygen atoms in total.